The third kappa shape index (κ3) is 2.34. The van der Waals surface area contributed by atoms with Gasteiger partial charge in [-0.2, -0.15) is 0 Å². The molecule has 4 heterocycles. The van der Waals surface area contributed by atoms with Crippen LogP contribution in [0, 0.1) is 0 Å². The number of carbonyl (C=O) groups is 2. The molecule has 4 nitrogen and oxygen atoms in total. The number of hydrogen-bond acceptors (Lipinski definition) is 4. The molecular formula is C31H19NO3S. The minimum Gasteiger partial charge on any atom is -0.464 e. The molecule has 1 aliphatic carbocycles. The van der Waals surface area contributed by atoms with E-state index in [1.165, 1.54) is 32.9 Å². The maximum absolute atomic E-state index is 13.3. The lowest BCUT2D eigenvalue weighted by Gasteiger charge is -2.32. The summed E-state index contributed by atoms with van der Waals surface area (Å²) in [5, 5.41) is 4.44. The summed E-state index contributed by atoms with van der Waals surface area (Å²) in [5.74, 6) is -0.461. The van der Waals surface area contributed by atoms with E-state index in [0.29, 0.717) is 16.7 Å². The van der Waals surface area contributed by atoms with Crippen molar-refractivity contribution in [3.05, 3.63) is 106 Å². The van der Waals surface area contributed by atoms with E-state index in [2.05, 4.69) is 66.9 Å². The molecule has 5 heteroatoms. The molecule has 3 aromatic heterocycles. The van der Waals surface area contributed by atoms with Gasteiger partial charge in [0.25, 0.3) is 0 Å². The molecule has 36 heavy (non-hydrogen) atoms. The molecule has 0 amide bonds. The molecular weight excluding hydrogens is 466 g/mol. The standard InChI is InChI=1S/C31H19NO3S/c1-31(2)23-8-5-7-19-18-6-3-4-9-25(18)32(27(19)23)30-24(31)14-17(36-30)13-22-28(33)20-12-16-10-11-35-26(16)15-21(20)29(22)34/h3-15H,1-2H3/b22-13-. The van der Waals surface area contributed by atoms with Gasteiger partial charge in [-0.15, -0.1) is 11.3 Å². The van der Waals surface area contributed by atoms with Gasteiger partial charge >= 0.3 is 0 Å². The number of allylic oxidation sites excluding steroid dienone is 1. The van der Waals surface area contributed by atoms with E-state index in [1.807, 2.05) is 6.07 Å². The summed E-state index contributed by atoms with van der Waals surface area (Å²) in [6.07, 6.45) is 3.35. The van der Waals surface area contributed by atoms with Gasteiger partial charge in [0, 0.05) is 37.6 Å². The number of Topliss-reactive ketones (excluding diaryl/α,β-unsaturated/α-hetero) is 2. The van der Waals surface area contributed by atoms with Gasteiger partial charge in [0.2, 0.25) is 0 Å². The van der Waals surface area contributed by atoms with Crippen LogP contribution in [0.4, 0.5) is 0 Å². The topological polar surface area (TPSA) is 52.2 Å². The second kappa shape index (κ2) is 6.50. The van der Waals surface area contributed by atoms with Crippen molar-refractivity contribution in [3.8, 4) is 5.00 Å². The Labute approximate surface area is 210 Å². The summed E-state index contributed by atoms with van der Waals surface area (Å²) >= 11 is 1.63. The summed E-state index contributed by atoms with van der Waals surface area (Å²) in [4.78, 5) is 27.5. The molecule has 0 atom stereocenters. The van der Waals surface area contributed by atoms with E-state index in [9.17, 15) is 9.59 Å². The Morgan fingerprint density at radius 1 is 0.861 bits per heavy atom. The molecule has 0 N–H and O–H groups in total. The Morgan fingerprint density at radius 2 is 1.64 bits per heavy atom. The van der Waals surface area contributed by atoms with Crippen LogP contribution in [-0.4, -0.2) is 16.1 Å². The largest absolute Gasteiger partial charge is 0.464 e. The van der Waals surface area contributed by atoms with Gasteiger partial charge in [0.1, 0.15) is 10.6 Å². The predicted molar refractivity (Wildman–Crippen MR) is 144 cm³/mol. The quantitative estimate of drug-likeness (QED) is 0.177. The first-order valence-electron chi connectivity index (χ1n) is 11.9. The smallest absolute Gasteiger partial charge is 0.197 e. The van der Waals surface area contributed by atoms with Crippen LogP contribution in [0.2, 0.25) is 0 Å². The van der Waals surface area contributed by atoms with Crippen LogP contribution in [0.25, 0.3) is 43.9 Å². The zero-order chi connectivity index (χ0) is 24.3. The van der Waals surface area contributed by atoms with E-state index in [-0.39, 0.29) is 22.6 Å². The first kappa shape index (κ1) is 20.0. The molecule has 0 fully saturated rings. The Morgan fingerprint density at radius 3 is 2.50 bits per heavy atom. The van der Waals surface area contributed by atoms with Crippen molar-refractivity contribution in [1.29, 1.82) is 0 Å². The first-order chi connectivity index (χ1) is 17.4. The lowest BCUT2D eigenvalue weighted by atomic mass is 9.76. The van der Waals surface area contributed by atoms with Crippen LogP contribution in [0.3, 0.4) is 0 Å². The number of nitrogens with zero attached hydrogens (tertiary/aromatic N) is 1. The lowest BCUT2D eigenvalue weighted by molar-refractivity contribution is 0.0990. The highest BCUT2D eigenvalue weighted by Crippen LogP contribution is 2.50. The Bertz CT molecular complexity index is 1960. The van der Waals surface area contributed by atoms with Crippen molar-refractivity contribution >= 4 is 61.8 Å². The highest BCUT2D eigenvalue weighted by atomic mass is 32.1. The van der Waals surface area contributed by atoms with Gasteiger partial charge in [-0.25, -0.2) is 0 Å². The molecule has 0 saturated carbocycles. The number of carbonyl (C=O) groups excluding carboxylic acids is 2. The normalized spacial score (nSPS) is 17.0. The number of benzene rings is 3. The maximum atomic E-state index is 13.3. The zero-order valence-corrected chi connectivity index (χ0v) is 20.4. The summed E-state index contributed by atoms with van der Waals surface area (Å²) in [6.45, 7) is 4.50. The van der Waals surface area contributed by atoms with Gasteiger partial charge < -0.3 is 8.98 Å². The fraction of sp³-hybridized carbons (Fsp3) is 0.0968. The van der Waals surface area contributed by atoms with Crippen LogP contribution >= 0.6 is 11.3 Å². The van der Waals surface area contributed by atoms with Crippen molar-refractivity contribution in [2.75, 3.05) is 0 Å². The molecule has 3 aromatic carbocycles. The van der Waals surface area contributed by atoms with Gasteiger partial charge in [0.05, 0.1) is 22.9 Å². The van der Waals surface area contributed by atoms with Crippen molar-refractivity contribution in [2.45, 2.75) is 19.3 Å². The van der Waals surface area contributed by atoms with Crippen molar-refractivity contribution in [1.82, 2.24) is 4.57 Å². The number of para-hydroxylation sites is 2. The van der Waals surface area contributed by atoms with Crippen LogP contribution in [0.5, 0.6) is 0 Å². The minimum atomic E-state index is -0.240. The summed E-state index contributed by atoms with van der Waals surface area (Å²) in [6, 6.07) is 22.5. The van der Waals surface area contributed by atoms with Gasteiger partial charge in [-0.3, -0.25) is 9.59 Å². The van der Waals surface area contributed by atoms with Gasteiger partial charge in [-0.05, 0) is 47.5 Å². The maximum Gasteiger partial charge on any atom is 0.197 e. The second-order valence-corrected chi connectivity index (χ2v) is 11.2. The molecule has 172 valence electrons. The molecule has 0 bridgehead atoms. The summed E-state index contributed by atoms with van der Waals surface area (Å²) in [7, 11) is 0. The molecule has 2 aliphatic rings. The highest BCUT2D eigenvalue weighted by Gasteiger charge is 2.38. The zero-order valence-electron chi connectivity index (χ0n) is 19.6. The number of rotatable bonds is 1. The van der Waals surface area contributed by atoms with Crippen molar-refractivity contribution in [3.63, 3.8) is 0 Å². The van der Waals surface area contributed by atoms with Gasteiger partial charge in [-0.1, -0.05) is 50.2 Å². The number of furan rings is 1. The average molecular weight is 486 g/mol. The molecule has 0 unspecified atom stereocenters. The lowest BCUT2D eigenvalue weighted by Crippen LogP contribution is -2.24. The van der Waals surface area contributed by atoms with E-state index in [1.54, 1.807) is 35.8 Å². The summed E-state index contributed by atoms with van der Waals surface area (Å²) in [5.41, 5.74) is 6.37. The molecule has 1 aliphatic heterocycles. The van der Waals surface area contributed by atoms with Crippen molar-refractivity contribution < 1.29 is 14.0 Å². The first-order valence-corrected chi connectivity index (χ1v) is 12.7. The fourth-order valence-electron chi connectivity index (χ4n) is 6.02. The Hall–Kier alpha value is -4.22. The van der Waals surface area contributed by atoms with Crippen molar-refractivity contribution in [2.24, 2.45) is 0 Å². The Kier molecular flexibility index (Phi) is 3.62. The molecule has 0 saturated heterocycles. The summed E-state index contributed by atoms with van der Waals surface area (Å²) < 4.78 is 7.82. The Balaban J connectivity index is 1.35. The third-order valence-electron chi connectivity index (χ3n) is 7.83. The van der Waals surface area contributed by atoms with E-state index in [0.717, 1.165) is 15.3 Å². The van der Waals surface area contributed by atoms with E-state index >= 15 is 0 Å². The third-order valence-corrected chi connectivity index (χ3v) is 8.90. The predicted octanol–water partition coefficient (Wildman–Crippen LogP) is 7.69. The van der Waals surface area contributed by atoms with Crippen LogP contribution in [0.15, 0.2) is 83.0 Å². The van der Waals surface area contributed by atoms with E-state index in [4.69, 9.17) is 4.42 Å². The van der Waals surface area contributed by atoms with Crippen LogP contribution in [0.1, 0.15) is 50.6 Å². The number of thiophene rings is 1. The van der Waals surface area contributed by atoms with Gasteiger partial charge in [0.15, 0.2) is 11.6 Å². The molecule has 0 radical (unpaired) electrons. The monoisotopic (exact) mass is 485 g/mol. The molecule has 8 rings (SSSR count). The van der Waals surface area contributed by atoms with E-state index < -0.39 is 0 Å². The SMILES string of the molecule is CC1(C)c2cc(/C=C3/C(=O)c4cc5ccoc5cc4C3=O)sc2-n2c3ccccc3c3cccc1c32. The second-order valence-electron chi connectivity index (χ2n) is 10.1. The minimum absolute atomic E-state index is 0.217. The number of fused-ring (bicyclic) bond motifs is 7. The molecule has 6 aromatic rings. The number of aromatic nitrogens is 1. The molecule has 0 spiro atoms. The number of ketones is 2. The average Bonchev–Trinajstić information content (AvgIpc) is 3.63. The van der Waals surface area contributed by atoms with Crippen LogP contribution in [-0.2, 0) is 5.41 Å². The van der Waals surface area contributed by atoms with Crippen LogP contribution < -0.4 is 0 Å². The number of hydrogen-bond donors (Lipinski definition) is 0. The highest BCUT2D eigenvalue weighted by molar-refractivity contribution is 7.15. The fourth-order valence-corrected chi connectivity index (χ4v) is 7.30.